The second-order valence-corrected chi connectivity index (χ2v) is 7.18. The Morgan fingerprint density at radius 1 is 1.06 bits per heavy atom. The van der Waals surface area contributed by atoms with Crippen molar-refractivity contribution in [1.82, 2.24) is 5.32 Å². The SMILES string of the molecule is CC(C)C(CNC(=O)C(C)(C)C)C(C)(C)C. The summed E-state index contributed by atoms with van der Waals surface area (Å²) in [6, 6.07) is 0. The molecule has 0 saturated carbocycles. The minimum Gasteiger partial charge on any atom is -0.355 e. The molecule has 0 aliphatic heterocycles. The zero-order valence-corrected chi connectivity index (χ0v) is 12.3. The Morgan fingerprint density at radius 3 is 1.75 bits per heavy atom. The van der Waals surface area contributed by atoms with Crippen LogP contribution in [0, 0.1) is 22.7 Å². The van der Waals surface area contributed by atoms with Crippen LogP contribution in [0.5, 0.6) is 0 Å². The highest BCUT2D eigenvalue weighted by Gasteiger charge is 2.29. The van der Waals surface area contributed by atoms with E-state index in [1.807, 2.05) is 20.8 Å². The zero-order chi connectivity index (χ0) is 13.1. The summed E-state index contributed by atoms with van der Waals surface area (Å²) in [6.45, 7) is 17.8. The van der Waals surface area contributed by atoms with Crippen molar-refractivity contribution in [3.8, 4) is 0 Å². The largest absolute Gasteiger partial charge is 0.355 e. The van der Waals surface area contributed by atoms with E-state index in [-0.39, 0.29) is 16.7 Å². The van der Waals surface area contributed by atoms with Gasteiger partial charge in [-0.2, -0.15) is 0 Å². The molecule has 0 aliphatic carbocycles. The first kappa shape index (κ1) is 15.5. The molecule has 1 amide bonds. The van der Waals surface area contributed by atoms with Gasteiger partial charge in [-0.3, -0.25) is 4.79 Å². The molecule has 0 rings (SSSR count). The van der Waals surface area contributed by atoms with Crippen molar-refractivity contribution in [2.75, 3.05) is 6.54 Å². The van der Waals surface area contributed by atoms with Crippen molar-refractivity contribution >= 4 is 5.91 Å². The monoisotopic (exact) mass is 227 g/mol. The minimum atomic E-state index is -0.292. The number of amides is 1. The van der Waals surface area contributed by atoms with Crippen LogP contribution in [0.25, 0.3) is 0 Å². The molecule has 2 nitrogen and oxygen atoms in total. The van der Waals surface area contributed by atoms with Gasteiger partial charge >= 0.3 is 0 Å². The van der Waals surface area contributed by atoms with Crippen molar-refractivity contribution in [1.29, 1.82) is 0 Å². The number of rotatable bonds is 3. The predicted octanol–water partition coefficient (Wildman–Crippen LogP) is 3.47. The molecule has 0 bridgehead atoms. The Hall–Kier alpha value is -0.530. The number of nitrogens with one attached hydrogen (secondary N) is 1. The van der Waals surface area contributed by atoms with Gasteiger partial charge in [-0.15, -0.1) is 0 Å². The Morgan fingerprint density at radius 2 is 1.50 bits per heavy atom. The molecule has 0 aromatic heterocycles. The smallest absolute Gasteiger partial charge is 0.225 e. The number of carbonyl (C=O) groups excluding carboxylic acids is 1. The topological polar surface area (TPSA) is 29.1 Å². The first-order valence-electron chi connectivity index (χ1n) is 6.24. The highest BCUT2D eigenvalue weighted by Crippen LogP contribution is 2.31. The highest BCUT2D eigenvalue weighted by atomic mass is 16.2. The van der Waals surface area contributed by atoms with Crippen molar-refractivity contribution in [2.24, 2.45) is 22.7 Å². The first-order valence-corrected chi connectivity index (χ1v) is 6.24. The molecule has 0 radical (unpaired) electrons. The fourth-order valence-corrected chi connectivity index (χ4v) is 2.01. The maximum atomic E-state index is 11.8. The van der Waals surface area contributed by atoms with Crippen molar-refractivity contribution in [3.63, 3.8) is 0 Å². The summed E-state index contributed by atoms with van der Waals surface area (Å²) >= 11 is 0. The summed E-state index contributed by atoms with van der Waals surface area (Å²) in [7, 11) is 0. The number of hydrogen-bond donors (Lipinski definition) is 1. The summed E-state index contributed by atoms with van der Waals surface area (Å²) in [6.07, 6.45) is 0. The lowest BCUT2D eigenvalue weighted by Gasteiger charge is -2.34. The predicted molar refractivity (Wildman–Crippen MR) is 70.2 cm³/mol. The van der Waals surface area contributed by atoms with E-state index in [1.165, 1.54) is 0 Å². The van der Waals surface area contributed by atoms with Crippen LogP contribution in [0.15, 0.2) is 0 Å². The molecule has 0 saturated heterocycles. The lowest BCUT2D eigenvalue weighted by molar-refractivity contribution is -0.128. The van der Waals surface area contributed by atoms with Crippen molar-refractivity contribution < 1.29 is 4.79 Å². The Kier molecular flexibility index (Phi) is 5.03. The third kappa shape index (κ3) is 5.00. The lowest BCUT2D eigenvalue weighted by atomic mass is 9.74. The van der Waals surface area contributed by atoms with Crippen LogP contribution in [0.1, 0.15) is 55.4 Å². The van der Waals surface area contributed by atoms with E-state index in [4.69, 9.17) is 0 Å². The summed E-state index contributed by atoms with van der Waals surface area (Å²) in [5.41, 5.74) is -0.0568. The Bertz CT molecular complexity index is 230. The molecule has 0 aliphatic rings. The van der Waals surface area contributed by atoms with Gasteiger partial charge < -0.3 is 5.32 Å². The fourth-order valence-electron chi connectivity index (χ4n) is 2.01. The lowest BCUT2D eigenvalue weighted by Crippen LogP contribution is -2.42. The molecule has 0 spiro atoms. The van der Waals surface area contributed by atoms with Crippen LogP contribution in [-0.4, -0.2) is 12.5 Å². The fraction of sp³-hybridized carbons (Fsp3) is 0.929. The summed E-state index contributed by atoms with van der Waals surface area (Å²) in [5, 5.41) is 3.07. The summed E-state index contributed by atoms with van der Waals surface area (Å²) < 4.78 is 0. The van der Waals surface area contributed by atoms with Gasteiger partial charge in [-0.1, -0.05) is 55.4 Å². The van der Waals surface area contributed by atoms with Crippen molar-refractivity contribution in [2.45, 2.75) is 55.4 Å². The third-order valence-electron chi connectivity index (χ3n) is 3.08. The molecule has 1 atom stereocenters. The van der Waals surface area contributed by atoms with E-state index in [0.29, 0.717) is 11.8 Å². The molecule has 1 unspecified atom stereocenters. The molecule has 0 heterocycles. The van der Waals surface area contributed by atoms with Gasteiger partial charge in [-0.25, -0.2) is 0 Å². The molecule has 1 N–H and O–H groups in total. The average Bonchev–Trinajstić information content (AvgIpc) is 1.98. The molecule has 16 heavy (non-hydrogen) atoms. The van der Waals surface area contributed by atoms with Crippen LogP contribution < -0.4 is 5.32 Å². The molecule has 2 heteroatoms. The second kappa shape index (κ2) is 5.20. The van der Waals surface area contributed by atoms with Gasteiger partial charge in [0.25, 0.3) is 0 Å². The third-order valence-corrected chi connectivity index (χ3v) is 3.08. The maximum absolute atomic E-state index is 11.8. The van der Waals surface area contributed by atoms with Gasteiger partial charge in [0.15, 0.2) is 0 Å². The van der Waals surface area contributed by atoms with E-state index >= 15 is 0 Å². The molecular formula is C14H29NO. The van der Waals surface area contributed by atoms with Gasteiger partial charge in [0, 0.05) is 12.0 Å². The second-order valence-electron chi connectivity index (χ2n) is 7.18. The van der Waals surface area contributed by atoms with Gasteiger partial charge in [0.1, 0.15) is 0 Å². The molecule has 0 fully saturated rings. The maximum Gasteiger partial charge on any atom is 0.225 e. The normalized spacial score (nSPS) is 15.1. The van der Waals surface area contributed by atoms with Crippen LogP contribution >= 0.6 is 0 Å². The highest BCUT2D eigenvalue weighted by molar-refractivity contribution is 5.81. The quantitative estimate of drug-likeness (QED) is 0.786. The van der Waals surface area contributed by atoms with Crippen LogP contribution in [0.4, 0.5) is 0 Å². The van der Waals surface area contributed by atoms with Crippen LogP contribution in [0.3, 0.4) is 0 Å². The Labute approximate surface area is 101 Å². The molecule has 0 aromatic carbocycles. The Balaban J connectivity index is 4.42. The van der Waals surface area contributed by atoms with E-state index in [9.17, 15) is 4.79 Å². The van der Waals surface area contributed by atoms with Gasteiger partial charge in [0.05, 0.1) is 0 Å². The number of hydrogen-bond acceptors (Lipinski definition) is 1. The minimum absolute atomic E-state index is 0.141. The first-order chi connectivity index (χ1) is 6.96. The summed E-state index contributed by atoms with van der Waals surface area (Å²) in [5.74, 6) is 1.24. The van der Waals surface area contributed by atoms with E-state index in [2.05, 4.69) is 39.9 Å². The molecule has 0 aromatic rings. The van der Waals surface area contributed by atoms with Crippen LogP contribution in [-0.2, 0) is 4.79 Å². The van der Waals surface area contributed by atoms with E-state index < -0.39 is 0 Å². The molecular weight excluding hydrogens is 198 g/mol. The van der Waals surface area contributed by atoms with Gasteiger partial charge in [0.2, 0.25) is 5.91 Å². The zero-order valence-electron chi connectivity index (χ0n) is 12.3. The van der Waals surface area contributed by atoms with Gasteiger partial charge in [-0.05, 0) is 17.3 Å². The number of carbonyl (C=O) groups is 1. The summed E-state index contributed by atoms with van der Waals surface area (Å²) in [4.78, 5) is 11.8. The van der Waals surface area contributed by atoms with Crippen molar-refractivity contribution in [3.05, 3.63) is 0 Å². The standard InChI is InChI=1S/C14H29NO/c1-10(2)11(13(3,4)5)9-15-12(16)14(6,7)8/h10-11H,9H2,1-8H3,(H,15,16). The molecule has 96 valence electrons. The average molecular weight is 227 g/mol. The van der Waals surface area contributed by atoms with Crippen LogP contribution in [0.2, 0.25) is 0 Å². The van der Waals surface area contributed by atoms with E-state index in [0.717, 1.165) is 6.54 Å². The van der Waals surface area contributed by atoms with E-state index in [1.54, 1.807) is 0 Å².